The van der Waals surface area contributed by atoms with E-state index in [0.29, 0.717) is 0 Å². The van der Waals surface area contributed by atoms with Crippen LogP contribution in [0.5, 0.6) is 0 Å². The molecule has 0 amide bonds. The van der Waals surface area contributed by atoms with Crippen LogP contribution >= 0.6 is 0 Å². The van der Waals surface area contributed by atoms with Crippen LogP contribution in [0, 0.1) is 0 Å². The molecule has 2 aromatic rings. The summed E-state index contributed by atoms with van der Waals surface area (Å²) in [5, 5.41) is 6.63. The van der Waals surface area contributed by atoms with E-state index in [9.17, 15) is 4.79 Å². The molecule has 3 heteroatoms. The fourth-order valence-electron chi connectivity index (χ4n) is 2.74. The normalized spacial score (nSPS) is 14.2. The highest BCUT2D eigenvalue weighted by Crippen LogP contribution is 2.26. The number of benzene rings is 1. The third-order valence-corrected chi connectivity index (χ3v) is 3.88. The molecule has 0 fully saturated rings. The van der Waals surface area contributed by atoms with Crippen molar-refractivity contribution in [1.29, 1.82) is 0 Å². The molecule has 0 spiro atoms. The number of rotatable bonds is 2. The van der Waals surface area contributed by atoms with Gasteiger partial charge >= 0.3 is 0 Å². The van der Waals surface area contributed by atoms with E-state index in [-0.39, 0.29) is 5.56 Å². The SMILES string of the molecule is CCc1cc(-c2ccc3c(c2)CCCC3)c(=O)[nH]n1. The van der Waals surface area contributed by atoms with Gasteiger partial charge in [-0.2, -0.15) is 5.10 Å². The molecule has 0 atom stereocenters. The standard InChI is InChI=1S/C16H18N2O/c1-2-14-10-15(16(19)18-17-14)13-8-7-11-5-3-4-6-12(11)9-13/h7-10H,2-6H2,1H3,(H,18,19). The Balaban J connectivity index is 2.09. The van der Waals surface area contributed by atoms with Gasteiger partial charge in [-0.05, 0) is 54.9 Å². The third-order valence-electron chi connectivity index (χ3n) is 3.88. The zero-order chi connectivity index (χ0) is 13.2. The Bertz CT molecular complexity index is 658. The van der Waals surface area contributed by atoms with Crippen molar-refractivity contribution in [3.63, 3.8) is 0 Å². The lowest BCUT2D eigenvalue weighted by atomic mass is 9.89. The van der Waals surface area contributed by atoms with Gasteiger partial charge in [0.25, 0.3) is 5.56 Å². The molecule has 1 aromatic heterocycles. The van der Waals surface area contributed by atoms with E-state index in [4.69, 9.17) is 0 Å². The molecule has 0 radical (unpaired) electrons. The van der Waals surface area contributed by atoms with Crippen LogP contribution in [0.2, 0.25) is 0 Å². The Hall–Kier alpha value is -1.90. The molecular formula is C16H18N2O. The van der Waals surface area contributed by atoms with Gasteiger partial charge in [-0.15, -0.1) is 0 Å². The second-order valence-corrected chi connectivity index (χ2v) is 5.15. The molecular weight excluding hydrogens is 236 g/mol. The van der Waals surface area contributed by atoms with Crippen molar-refractivity contribution in [2.24, 2.45) is 0 Å². The molecule has 0 aliphatic heterocycles. The van der Waals surface area contributed by atoms with Gasteiger partial charge in [0.1, 0.15) is 0 Å². The van der Waals surface area contributed by atoms with Gasteiger partial charge < -0.3 is 0 Å². The summed E-state index contributed by atoms with van der Waals surface area (Å²) in [6.45, 7) is 2.04. The average molecular weight is 254 g/mol. The summed E-state index contributed by atoms with van der Waals surface area (Å²) >= 11 is 0. The summed E-state index contributed by atoms with van der Waals surface area (Å²) in [6.07, 6.45) is 5.66. The quantitative estimate of drug-likeness (QED) is 0.895. The molecule has 1 N–H and O–H groups in total. The first-order valence-electron chi connectivity index (χ1n) is 6.98. The fraction of sp³-hybridized carbons (Fsp3) is 0.375. The van der Waals surface area contributed by atoms with E-state index in [1.54, 1.807) is 0 Å². The Kier molecular flexibility index (Phi) is 3.20. The highest BCUT2D eigenvalue weighted by atomic mass is 16.1. The lowest BCUT2D eigenvalue weighted by Crippen LogP contribution is -2.13. The second kappa shape index (κ2) is 5.00. The van der Waals surface area contributed by atoms with Crippen LogP contribution < -0.4 is 5.56 Å². The van der Waals surface area contributed by atoms with E-state index >= 15 is 0 Å². The summed E-state index contributed by atoms with van der Waals surface area (Å²) in [7, 11) is 0. The Morgan fingerprint density at radius 3 is 2.74 bits per heavy atom. The van der Waals surface area contributed by atoms with Crippen LogP contribution in [-0.4, -0.2) is 10.2 Å². The second-order valence-electron chi connectivity index (χ2n) is 5.15. The number of aromatic nitrogens is 2. The molecule has 3 nitrogen and oxygen atoms in total. The lowest BCUT2D eigenvalue weighted by Gasteiger charge is -2.16. The zero-order valence-corrected chi connectivity index (χ0v) is 11.2. The molecule has 0 unspecified atom stereocenters. The first-order chi connectivity index (χ1) is 9.28. The van der Waals surface area contributed by atoms with Gasteiger partial charge in [0.15, 0.2) is 0 Å². The molecule has 1 aliphatic rings. The highest BCUT2D eigenvalue weighted by molar-refractivity contribution is 5.64. The van der Waals surface area contributed by atoms with Crippen LogP contribution in [-0.2, 0) is 19.3 Å². The van der Waals surface area contributed by atoms with Gasteiger partial charge in [0.05, 0.1) is 11.3 Å². The van der Waals surface area contributed by atoms with E-state index in [2.05, 4.69) is 28.4 Å². The molecule has 1 heterocycles. The minimum absolute atomic E-state index is 0.104. The highest BCUT2D eigenvalue weighted by Gasteiger charge is 2.12. The van der Waals surface area contributed by atoms with Crippen molar-refractivity contribution in [3.8, 4) is 11.1 Å². The van der Waals surface area contributed by atoms with Crippen molar-refractivity contribution in [3.05, 3.63) is 51.4 Å². The predicted octanol–water partition coefficient (Wildman–Crippen LogP) is 2.88. The minimum atomic E-state index is -0.104. The van der Waals surface area contributed by atoms with Gasteiger partial charge in [-0.1, -0.05) is 25.1 Å². The van der Waals surface area contributed by atoms with Crippen molar-refractivity contribution < 1.29 is 0 Å². The summed E-state index contributed by atoms with van der Waals surface area (Å²) in [5.74, 6) is 0. The monoisotopic (exact) mass is 254 g/mol. The minimum Gasteiger partial charge on any atom is -0.267 e. The lowest BCUT2D eigenvalue weighted by molar-refractivity contribution is 0.686. The number of H-pyrrole nitrogens is 1. The molecule has 0 bridgehead atoms. The average Bonchev–Trinajstić information content (AvgIpc) is 2.47. The van der Waals surface area contributed by atoms with Crippen LogP contribution in [0.1, 0.15) is 36.6 Å². The van der Waals surface area contributed by atoms with E-state index in [0.717, 1.165) is 29.7 Å². The number of fused-ring (bicyclic) bond motifs is 1. The van der Waals surface area contributed by atoms with E-state index in [1.807, 2.05) is 13.0 Å². The summed E-state index contributed by atoms with van der Waals surface area (Å²) in [4.78, 5) is 11.9. The Labute approximate surface area is 112 Å². The summed E-state index contributed by atoms with van der Waals surface area (Å²) < 4.78 is 0. The van der Waals surface area contributed by atoms with Gasteiger partial charge in [-0.3, -0.25) is 4.79 Å². The van der Waals surface area contributed by atoms with Crippen molar-refractivity contribution in [2.45, 2.75) is 39.0 Å². The Morgan fingerprint density at radius 1 is 1.16 bits per heavy atom. The number of hydrogen-bond acceptors (Lipinski definition) is 2. The van der Waals surface area contributed by atoms with Crippen LogP contribution in [0.3, 0.4) is 0 Å². The molecule has 0 saturated carbocycles. The first kappa shape index (κ1) is 12.2. The maximum absolute atomic E-state index is 11.9. The zero-order valence-electron chi connectivity index (χ0n) is 11.2. The largest absolute Gasteiger partial charge is 0.272 e. The maximum atomic E-state index is 11.9. The molecule has 0 saturated heterocycles. The summed E-state index contributed by atoms with van der Waals surface area (Å²) in [5.41, 5.74) is 5.41. The van der Waals surface area contributed by atoms with Gasteiger partial charge in [0, 0.05) is 0 Å². The molecule has 1 aromatic carbocycles. The van der Waals surface area contributed by atoms with E-state index < -0.39 is 0 Å². The van der Waals surface area contributed by atoms with Crippen LogP contribution in [0.15, 0.2) is 29.1 Å². The topological polar surface area (TPSA) is 45.8 Å². The van der Waals surface area contributed by atoms with Crippen molar-refractivity contribution in [1.82, 2.24) is 10.2 Å². The molecule has 98 valence electrons. The number of aryl methyl sites for hydroxylation is 3. The first-order valence-corrected chi connectivity index (χ1v) is 6.98. The van der Waals surface area contributed by atoms with E-state index in [1.165, 1.54) is 30.4 Å². The number of hydrogen-bond donors (Lipinski definition) is 1. The van der Waals surface area contributed by atoms with Crippen molar-refractivity contribution in [2.75, 3.05) is 0 Å². The number of nitrogens with zero attached hydrogens (tertiary/aromatic N) is 1. The van der Waals surface area contributed by atoms with Crippen molar-refractivity contribution >= 4 is 0 Å². The molecule has 1 aliphatic carbocycles. The fourth-order valence-corrected chi connectivity index (χ4v) is 2.74. The molecule has 19 heavy (non-hydrogen) atoms. The van der Waals surface area contributed by atoms with Gasteiger partial charge in [-0.25, -0.2) is 5.10 Å². The summed E-state index contributed by atoms with van der Waals surface area (Å²) in [6, 6.07) is 8.32. The van der Waals surface area contributed by atoms with Crippen LogP contribution in [0.25, 0.3) is 11.1 Å². The predicted molar refractivity (Wildman–Crippen MR) is 76.3 cm³/mol. The smallest absolute Gasteiger partial charge is 0.267 e. The third kappa shape index (κ3) is 2.33. The Morgan fingerprint density at radius 2 is 1.95 bits per heavy atom. The molecule has 3 rings (SSSR count). The number of aromatic amines is 1. The van der Waals surface area contributed by atoms with Crippen LogP contribution in [0.4, 0.5) is 0 Å². The van der Waals surface area contributed by atoms with Gasteiger partial charge in [0.2, 0.25) is 0 Å². The maximum Gasteiger partial charge on any atom is 0.272 e. The number of nitrogens with one attached hydrogen (secondary N) is 1.